The molecule has 0 saturated heterocycles. The van der Waals surface area contributed by atoms with Crippen LogP contribution >= 0.6 is 0 Å². The smallest absolute Gasteiger partial charge is 0.326 e. The lowest BCUT2D eigenvalue weighted by atomic mass is 10.1. The van der Waals surface area contributed by atoms with E-state index in [1.54, 1.807) is 0 Å². The maximum atomic E-state index is 11.6. The van der Waals surface area contributed by atoms with Crippen molar-refractivity contribution >= 4 is 23.8 Å². The Hall–Kier alpha value is -2.32. The molecule has 1 atom stereocenters. The summed E-state index contributed by atoms with van der Waals surface area (Å²) in [4.78, 5) is 36.7. The van der Waals surface area contributed by atoms with Gasteiger partial charge in [-0.3, -0.25) is 14.6 Å². The highest BCUT2D eigenvalue weighted by Gasteiger charge is 2.18. The molecule has 0 bridgehead atoms. The predicted molar refractivity (Wildman–Crippen MR) is 80.2 cm³/mol. The monoisotopic (exact) mass is 316 g/mol. The van der Waals surface area contributed by atoms with Crippen LogP contribution in [-0.4, -0.2) is 46.6 Å². The van der Waals surface area contributed by atoms with Crippen molar-refractivity contribution in [3.63, 3.8) is 0 Å². The van der Waals surface area contributed by atoms with Gasteiger partial charge in [-0.1, -0.05) is 6.42 Å². The number of aliphatic carboxylic acids is 2. The van der Waals surface area contributed by atoms with Gasteiger partial charge in [0.1, 0.15) is 6.04 Å². The number of amides is 1. The average molecular weight is 316 g/mol. The standard InChI is InChI=1S/C13H24N4O5/c14-13(15)16-8-4-5-9(12(21)22)17-10(18)6-2-1-3-7-11(19)20/h9H,1-8H2,(H,17,18)(H,19,20)(H,21,22)(H4,14,15,16). The maximum Gasteiger partial charge on any atom is 0.326 e. The molecule has 0 fully saturated rings. The number of aliphatic imine (C=N–C) groups is 1. The van der Waals surface area contributed by atoms with Crippen molar-refractivity contribution in [3.8, 4) is 0 Å². The van der Waals surface area contributed by atoms with Crippen LogP contribution in [-0.2, 0) is 14.4 Å². The fraction of sp³-hybridized carbons (Fsp3) is 0.692. The van der Waals surface area contributed by atoms with Crippen molar-refractivity contribution in [2.45, 2.75) is 51.0 Å². The minimum atomic E-state index is -1.11. The van der Waals surface area contributed by atoms with Crippen molar-refractivity contribution in [1.29, 1.82) is 0 Å². The maximum absolute atomic E-state index is 11.6. The molecule has 0 aliphatic carbocycles. The zero-order valence-electron chi connectivity index (χ0n) is 12.5. The highest BCUT2D eigenvalue weighted by atomic mass is 16.4. The third kappa shape index (κ3) is 11.5. The third-order valence-electron chi connectivity index (χ3n) is 2.87. The number of nitrogens with zero attached hydrogens (tertiary/aromatic N) is 1. The van der Waals surface area contributed by atoms with Crippen molar-refractivity contribution in [1.82, 2.24) is 5.32 Å². The van der Waals surface area contributed by atoms with Crippen LogP contribution in [0, 0.1) is 0 Å². The number of carboxylic acids is 2. The Morgan fingerprint density at radius 2 is 1.64 bits per heavy atom. The molecule has 1 unspecified atom stereocenters. The molecule has 126 valence electrons. The lowest BCUT2D eigenvalue weighted by Gasteiger charge is -2.14. The van der Waals surface area contributed by atoms with Gasteiger partial charge in [0.05, 0.1) is 0 Å². The molecule has 1 amide bonds. The minimum absolute atomic E-state index is 0.0581. The highest BCUT2D eigenvalue weighted by Crippen LogP contribution is 2.04. The molecule has 0 heterocycles. The molecule has 9 nitrogen and oxygen atoms in total. The van der Waals surface area contributed by atoms with Gasteiger partial charge >= 0.3 is 11.9 Å². The van der Waals surface area contributed by atoms with Gasteiger partial charge in [0.15, 0.2) is 5.96 Å². The first-order valence-corrected chi connectivity index (χ1v) is 7.12. The number of carbonyl (C=O) groups is 3. The van der Waals surface area contributed by atoms with Gasteiger partial charge in [-0.05, 0) is 25.7 Å². The van der Waals surface area contributed by atoms with E-state index in [4.69, 9.17) is 21.7 Å². The topological polar surface area (TPSA) is 168 Å². The summed E-state index contributed by atoms with van der Waals surface area (Å²) in [5.74, 6) is -2.39. The van der Waals surface area contributed by atoms with Gasteiger partial charge in [0.25, 0.3) is 0 Å². The van der Waals surface area contributed by atoms with Gasteiger partial charge in [-0.15, -0.1) is 0 Å². The van der Waals surface area contributed by atoms with E-state index >= 15 is 0 Å². The predicted octanol–water partition coefficient (Wildman–Crippen LogP) is -0.355. The number of carbonyl (C=O) groups excluding carboxylic acids is 1. The molecule has 0 aromatic heterocycles. The molecular weight excluding hydrogens is 292 g/mol. The average Bonchev–Trinajstić information content (AvgIpc) is 2.40. The fourth-order valence-electron chi connectivity index (χ4n) is 1.77. The first-order valence-electron chi connectivity index (χ1n) is 7.12. The number of guanidine groups is 1. The Labute approximate surface area is 128 Å². The zero-order chi connectivity index (χ0) is 17.0. The van der Waals surface area contributed by atoms with Crippen molar-refractivity contribution in [3.05, 3.63) is 0 Å². The molecule has 0 aliphatic heterocycles. The summed E-state index contributed by atoms with van der Waals surface area (Å²) < 4.78 is 0. The Bertz CT molecular complexity index is 407. The molecule has 7 N–H and O–H groups in total. The summed E-state index contributed by atoms with van der Waals surface area (Å²) in [6, 6.07) is -0.972. The van der Waals surface area contributed by atoms with E-state index < -0.39 is 18.0 Å². The lowest BCUT2D eigenvalue weighted by molar-refractivity contribution is -0.142. The molecule has 22 heavy (non-hydrogen) atoms. The van der Waals surface area contributed by atoms with Crippen LogP contribution in [0.4, 0.5) is 0 Å². The Morgan fingerprint density at radius 3 is 2.18 bits per heavy atom. The number of hydrogen-bond donors (Lipinski definition) is 5. The van der Waals surface area contributed by atoms with E-state index in [0.717, 1.165) is 0 Å². The van der Waals surface area contributed by atoms with E-state index in [2.05, 4.69) is 10.3 Å². The second-order valence-electron chi connectivity index (χ2n) is 4.86. The van der Waals surface area contributed by atoms with Gasteiger partial charge in [0.2, 0.25) is 5.91 Å². The van der Waals surface area contributed by atoms with Crippen molar-refractivity contribution < 1.29 is 24.6 Å². The van der Waals surface area contributed by atoms with Crippen LogP contribution in [0.5, 0.6) is 0 Å². The number of carboxylic acid groups (broad SMARTS) is 2. The summed E-state index contributed by atoms with van der Waals surface area (Å²) in [7, 11) is 0. The van der Waals surface area contributed by atoms with Gasteiger partial charge in [0, 0.05) is 19.4 Å². The Kier molecular flexibility index (Phi) is 10.2. The third-order valence-corrected chi connectivity index (χ3v) is 2.87. The van der Waals surface area contributed by atoms with E-state index in [1.165, 1.54) is 0 Å². The number of nitrogens with one attached hydrogen (secondary N) is 1. The Morgan fingerprint density at radius 1 is 1.00 bits per heavy atom. The van der Waals surface area contributed by atoms with Crippen LogP contribution < -0.4 is 16.8 Å². The number of rotatable bonds is 12. The summed E-state index contributed by atoms with van der Waals surface area (Å²) in [5.41, 5.74) is 10.3. The summed E-state index contributed by atoms with van der Waals surface area (Å²) in [5, 5.41) is 19.9. The van der Waals surface area contributed by atoms with Crippen LogP contribution in [0.15, 0.2) is 4.99 Å². The normalized spacial score (nSPS) is 11.5. The zero-order valence-corrected chi connectivity index (χ0v) is 12.5. The van der Waals surface area contributed by atoms with E-state index in [9.17, 15) is 14.4 Å². The molecule has 0 aromatic rings. The van der Waals surface area contributed by atoms with Crippen LogP contribution in [0.3, 0.4) is 0 Å². The van der Waals surface area contributed by atoms with Crippen molar-refractivity contribution in [2.75, 3.05) is 6.54 Å². The quantitative estimate of drug-likeness (QED) is 0.186. The summed E-state index contributed by atoms with van der Waals surface area (Å²) in [6.45, 7) is 0.303. The van der Waals surface area contributed by atoms with Crippen LogP contribution in [0.2, 0.25) is 0 Å². The number of unbranched alkanes of at least 4 members (excludes halogenated alkanes) is 2. The molecule has 0 aromatic carbocycles. The summed E-state index contributed by atoms with van der Waals surface area (Å²) >= 11 is 0. The molecule has 0 rings (SSSR count). The minimum Gasteiger partial charge on any atom is -0.481 e. The van der Waals surface area contributed by atoms with Gasteiger partial charge < -0.3 is 27.0 Å². The number of nitrogens with two attached hydrogens (primary N) is 2. The second-order valence-corrected chi connectivity index (χ2v) is 4.86. The highest BCUT2D eigenvalue weighted by molar-refractivity contribution is 5.83. The molecule has 0 aliphatic rings. The van der Waals surface area contributed by atoms with E-state index in [0.29, 0.717) is 32.2 Å². The summed E-state index contributed by atoms with van der Waals surface area (Å²) in [6.07, 6.45) is 2.57. The molecule has 0 saturated carbocycles. The van der Waals surface area contributed by atoms with Crippen LogP contribution in [0.1, 0.15) is 44.9 Å². The first kappa shape index (κ1) is 19.7. The SMILES string of the molecule is NC(N)=NCCCC(NC(=O)CCCCCC(=O)O)C(=O)O. The molecular formula is C13H24N4O5. The number of hydrogen-bond acceptors (Lipinski definition) is 4. The molecule has 9 heteroatoms. The largest absolute Gasteiger partial charge is 0.481 e. The van der Waals surface area contributed by atoms with Crippen molar-refractivity contribution in [2.24, 2.45) is 16.5 Å². The van der Waals surface area contributed by atoms with Gasteiger partial charge in [-0.2, -0.15) is 0 Å². The van der Waals surface area contributed by atoms with E-state index in [-0.39, 0.29) is 31.1 Å². The molecule has 0 spiro atoms. The lowest BCUT2D eigenvalue weighted by Crippen LogP contribution is -2.40. The fourth-order valence-corrected chi connectivity index (χ4v) is 1.77. The van der Waals surface area contributed by atoms with Crippen LogP contribution in [0.25, 0.3) is 0 Å². The first-order chi connectivity index (χ1) is 10.3. The Balaban J connectivity index is 3.96. The van der Waals surface area contributed by atoms with Gasteiger partial charge in [-0.25, -0.2) is 4.79 Å². The second kappa shape index (κ2) is 11.4. The molecule has 0 radical (unpaired) electrons. The van der Waals surface area contributed by atoms with E-state index in [1.807, 2.05) is 0 Å².